The molecule has 84 valence electrons. The predicted octanol–water partition coefficient (Wildman–Crippen LogP) is 1.27. The molecular formula is C10H14N6. The van der Waals surface area contributed by atoms with Gasteiger partial charge >= 0.3 is 0 Å². The summed E-state index contributed by atoms with van der Waals surface area (Å²) in [6, 6.07) is 4.09. The van der Waals surface area contributed by atoms with Crippen LogP contribution in [0.2, 0.25) is 0 Å². The van der Waals surface area contributed by atoms with E-state index in [4.69, 9.17) is 5.73 Å². The summed E-state index contributed by atoms with van der Waals surface area (Å²) in [4.78, 5) is 8.26. The molecule has 0 aromatic carbocycles. The first kappa shape index (κ1) is 10.4. The van der Waals surface area contributed by atoms with E-state index in [1.165, 1.54) is 0 Å². The fourth-order valence-electron chi connectivity index (χ4n) is 1.36. The first-order valence-corrected chi connectivity index (χ1v) is 5.06. The third kappa shape index (κ3) is 2.28. The molecule has 0 atom stereocenters. The highest BCUT2D eigenvalue weighted by Crippen LogP contribution is 2.17. The Morgan fingerprint density at radius 2 is 2.25 bits per heavy atom. The number of nitrogen functional groups attached to an aromatic ring is 1. The highest BCUT2D eigenvalue weighted by molar-refractivity contribution is 5.60. The number of nitrogens with one attached hydrogen (secondary N) is 2. The number of aromatic amines is 1. The van der Waals surface area contributed by atoms with Crippen molar-refractivity contribution in [3.05, 3.63) is 18.3 Å². The van der Waals surface area contributed by atoms with Gasteiger partial charge in [0.2, 0.25) is 5.95 Å². The third-order valence-corrected chi connectivity index (χ3v) is 1.97. The molecule has 0 fully saturated rings. The second-order valence-corrected chi connectivity index (χ2v) is 3.77. The van der Waals surface area contributed by atoms with Crippen LogP contribution in [0, 0.1) is 0 Å². The third-order valence-electron chi connectivity index (χ3n) is 1.97. The van der Waals surface area contributed by atoms with Gasteiger partial charge in [0.05, 0.1) is 0 Å². The molecule has 0 aliphatic carbocycles. The number of rotatable bonds is 3. The first-order chi connectivity index (χ1) is 7.65. The number of hydrogen-bond acceptors (Lipinski definition) is 5. The maximum atomic E-state index is 5.45. The Morgan fingerprint density at radius 1 is 1.44 bits per heavy atom. The number of hydrogen-bond donors (Lipinski definition) is 3. The molecule has 6 heteroatoms. The monoisotopic (exact) mass is 218 g/mol. The van der Waals surface area contributed by atoms with E-state index in [0.29, 0.717) is 11.9 Å². The maximum absolute atomic E-state index is 5.45. The predicted molar refractivity (Wildman–Crippen MR) is 62.8 cm³/mol. The van der Waals surface area contributed by atoms with Gasteiger partial charge in [-0.1, -0.05) is 0 Å². The minimum atomic E-state index is 0.241. The van der Waals surface area contributed by atoms with Crippen molar-refractivity contribution in [1.29, 1.82) is 0 Å². The molecule has 2 heterocycles. The first-order valence-electron chi connectivity index (χ1n) is 5.06. The summed E-state index contributed by atoms with van der Waals surface area (Å²) in [5.41, 5.74) is 6.35. The Balaban J connectivity index is 2.28. The van der Waals surface area contributed by atoms with Gasteiger partial charge in [-0.05, 0) is 26.0 Å². The summed E-state index contributed by atoms with van der Waals surface area (Å²) in [6.07, 6.45) is 1.72. The summed E-state index contributed by atoms with van der Waals surface area (Å²) in [5, 5.41) is 9.76. The zero-order valence-corrected chi connectivity index (χ0v) is 9.23. The standard InChI is InChI=1S/C10H14N6/c1-6(2)13-8-5-7(3-4-12-8)9-14-10(11)16-15-9/h3-6H,1-2H3,(H,12,13)(H3,11,14,15,16). The molecule has 0 unspecified atom stereocenters. The van der Waals surface area contributed by atoms with E-state index in [1.54, 1.807) is 6.20 Å². The van der Waals surface area contributed by atoms with E-state index in [9.17, 15) is 0 Å². The molecule has 0 aliphatic rings. The van der Waals surface area contributed by atoms with Crippen molar-refractivity contribution >= 4 is 11.8 Å². The average Bonchev–Trinajstić information content (AvgIpc) is 2.64. The van der Waals surface area contributed by atoms with E-state index in [-0.39, 0.29) is 5.95 Å². The lowest BCUT2D eigenvalue weighted by atomic mass is 10.2. The largest absolute Gasteiger partial charge is 0.368 e. The van der Waals surface area contributed by atoms with Crippen LogP contribution in [0.25, 0.3) is 11.4 Å². The molecule has 0 saturated carbocycles. The van der Waals surface area contributed by atoms with Gasteiger partial charge in [0.1, 0.15) is 5.82 Å². The average molecular weight is 218 g/mol. The van der Waals surface area contributed by atoms with Gasteiger partial charge in [-0.25, -0.2) is 4.98 Å². The fourth-order valence-corrected chi connectivity index (χ4v) is 1.36. The van der Waals surface area contributed by atoms with Crippen LogP contribution in [0.4, 0.5) is 11.8 Å². The van der Waals surface area contributed by atoms with Gasteiger partial charge in [-0.3, -0.25) is 5.10 Å². The number of aromatic nitrogens is 4. The molecule has 0 saturated heterocycles. The molecule has 2 aromatic rings. The van der Waals surface area contributed by atoms with E-state index in [1.807, 2.05) is 12.1 Å². The topological polar surface area (TPSA) is 92.5 Å². The summed E-state index contributed by atoms with van der Waals surface area (Å²) in [7, 11) is 0. The van der Waals surface area contributed by atoms with Crippen molar-refractivity contribution in [3.63, 3.8) is 0 Å². The van der Waals surface area contributed by atoms with Crippen molar-refractivity contribution in [1.82, 2.24) is 20.2 Å². The maximum Gasteiger partial charge on any atom is 0.239 e. The Bertz CT molecular complexity index is 476. The summed E-state index contributed by atoms with van der Waals surface area (Å²) < 4.78 is 0. The molecule has 4 N–H and O–H groups in total. The van der Waals surface area contributed by atoms with Crippen LogP contribution in [0.1, 0.15) is 13.8 Å². The molecule has 2 aromatic heterocycles. The minimum absolute atomic E-state index is 0.241. The molecule has 0 amide bonds. The molecule has 0 radical (unpaired) electrons. The lowest BCUT2D eigenvalue weighted by Gasteiger charge is -2.08. The number of H-pyrrole nitrogens is 1. The fraction of sp³-hybridized carbons (Fsp3) is 0.300. The van der Waals surface area contributed by atoms with Crippen molar-refractivity contribution in [2.45, 2.75) is 19.9 Å². The number of nitrogens with two attached hydrogens (primary N) is 1. The van der Waals surface area contributed by atoms with Gasteiger partial charge in [-0.15, -0.1) is 5.10 Å². The zero-order valence-electron chi connectivity index (χ0n) is 9.23. The van der Waals surface area contributed by atoms with Crippen molar-refractivity contribution in [2.24, 2.45) is 0 Å². The molecular weight excluding hydrogens is 204 g/mol. The Labute approximate surface area is 93.3 Å². The van der Waals surface area contributed by atoms with E-state index >= 15 is 0 Å². The van der Waals surface area contributed by atoms with Gasteiger partial charge in [-0.2, -0.15) is 4.98 Å². The zero-order chi connectivity index (χ0) is 11.5. The van der Waals surface area contributed by atoms with Crippen LogP contribution in [0.3, 0.4) is 0 Å². The van der Waals surface area contributed by atoms with Crippen LogP contribution >= 0.6 is 0 Å². The summed E-state index contributed by atoms with van der Waals surface area (Å²) in [6.45, 7) is 4.11. The lowest BCUT2D eigenvalue weighted by Crippen LogP contribution is -2.10. The second-order valence-electron chi connectivity index (χ2n) is 3.77. The van der Waals surface area contributed by atoms with E-state index in [0.717, 1.165) is 11.4 Å². The molecule has 0 aliphatic heterocycles. The molecule has 0 spiro atoms. The SMILES string of the molecule is CC(C)Nc1cc(-c2nc(N)n[nH]2)ccn1. The highest BCUT2D eigenvalue weighted by Gasteiger charge is 2.05. The Kier molecular flexibility index (Phi) is 2.72. The van der Waals surface area contributed by atoms with Gasteiger partial charge in [0.15, 0.2) is 5.82 Å². The van der Waals surface area contributed by atoms with E-state index in [2.05, 4.69) is 39.3 Å². The van der Waals surface area contributed by atoms with Crippen LogP contribution in [0.15, 0.2) is 18.3 Å². The van der Waals surface area contributed by atoms with Crippen LogP contribution in [-0.2, 0) is 0 Å². The van der Waals surface area contributed by atoms with E-state index < -0.39 is 0 Å². The number of nitrogens with zero attached hydrogens (tertiary/aromatic N) is 3. The molecule has 16 heavy (non-hydrogen) atoms. The highest BCUT2D eigenvalue weighted by atomic mass is 15.3. The van der Waals surface area contributed by atoms with Crippen LogP contribution < -0.4 is 11.1 Å². The number of pyridine rings is 1. The minimum Gasteiger partial charge on any atom is -0.368 e. The van der Waals surface area contributed by atoms with Crippen LogP contribution in [0.5, 0.6) is 0 Å². The number of anilines is 2. The van der Waals surface area contributed by atoms with Crippen molar-refractivity contribution < 1.29 is 0 Å². The smallest absolute Gasteiger partial charge is 0.239 e. The molecule has 6 nitrogen and oxygen atoms in total. The van der Waals surface area contributed by atoms with Crippen molar-refractivity contribution in [3.8, 4) is 11.4 Å². The Morgan fingerprint density at radius 3 is 2.88 bits per heavy atom. The second kappa shape index (κ2) is 4.18. The molecule has 2 rings (SSSR count). The van der Waals surface area contributed by atoms with Gasteiger partial charge in [0, 0.05) is 17.8 Å². The lowest BCUT2D eigenvalue weighted by molar-refractivity contribution is 0.889. The quantitative estimate of drug-likeness (QED) is 0.721. The summed E-state index contributed by atoms with van der Waals surface area (Å²) in [5.74, 6) is 1.69. The van der Waals surface area contributed by atoms with Crippen molar-refractivity contribution in [2.75, 3.05) is 11.1 Å². The Hall–Kier alpha value is -2.11. The normalized spacial score (nSPS) is 10.7. The van der Waals surface area contributed by atoms with Crippen LogP contribution in [-0.4, -0.2) is 26.2 Å². The molecule has 0 bridgehead atoms. The summed E-state index contributed by atoms with van der Waals surface area (Å²) >= 11 is 0. The van der Waals surface area contributed by atoms with Gasteiger partial charge in [0.25, 0.3) is 0 Å². The van der Waals surface area contributed by atoms with Gasteiger partial charge < -0.3 is 11.1 Å².